The molecule has 0 atom stereocenters. The smallest absolute Gasteiger partial charge is 0.270 e. The number of benzene rings is 1. The Bertz CT molecular complexity index is 656. The van der Waals surface area contributed by atoms with Gasteiger partial charge in [-0.05, 0) is 31.3 Å². The van der Waals surface area contributed by atoms with E-state index in [1.54, 1.807) is 0 Å². The number of carbonyl (C=O) groups excluding carboxylic acids is 1. The predicted octanol–water partition coefficient (Wildman–Crippen LogP) is 2.22. The van der Waals surface area contributed by atoms with Crippen molar-refractivity contribution >= 4 is 28.4 Å². The maximum Gasteiger partial charge on any atom is 0.270 e. The summed E-state index contributed by atoms with van der Waals surface area (Å²) < 4.78 is 1.95. The van der Waals surface area contributed by atoms with E-state index < -0.39 is 0 Å². The van der Waals surface area contributed by atoms with Gasteiger partial charge in [0.05, 0.1) is 0 Å². The van der Waals surface area contributed by atoms with Gasteiger partial charge in [-0.3, -0.25) is 4.79 Å². The molecule has 0 spiro atoms. The summed E-state index contributed by atoms with van der Waals surface area (Å²) in [4.78, 5) is 16.8. The van der Waals surface area contributed by atoms with Crippen molar-refractivity contribution in [2.24, 2.45) is 7.05 Å². The second-order valence-electron chi connectivity index (χ2n) is 5.39. The van der Waals surface area contributed by atoms with Crippen molar-refractivity contribution in [1.29, 1.82) is 0 Å². The lowest BCUT2D eigenvalue weighted by atomic mass is 10.2. The Morgan fingerprint density at radius 2 is 1.80 bits per heavy atom. The highest BCUT2D eigenvalue weighted by molar-refractivity contribution is 6.31. The molecule has 1 aromatic carbocycles. The second kappa shape index (κ2) is 5.11. The summed E-state index contributed by atoms with van der Waals surface area (Å²) in [6.45, 7) is 3.44. The number of hydrogen-bond acceptors (Lipinski definition) is 2. The quantitative estimate of drug-likeness (QED) is 0.806. The monoisotopic (exact) mass is 291 g/mol. The van der Waals surface area contributed by atoms with E-state index in [0.29, 0.717) is 5.02 Å². The van der Waals surface area contributed by atoms with Crippen LogP contribution >= 0.6 is 11.6 Å². The largest absolute Gasteiger partial charge is 0.340 e. The lowest BCUT2D eigenvalue weighted by molar-refractivity contribution is 0.0655. The van der Waals surface area contributed by atoms with Gasteiger partial charge in [0.15, 0.2) is 0 Å². The van der Waals surface area contributed by atoms with Gasteiger partial charge in [0.25, 0.3) is 5.91 Å². The Morgan fingerprint density at radius 3 is 2.50 bits per heavy atom. The molecular formula is C15H18ClN3O. The minimum Gasteiger partial charge on any atom is -0.340 e. The van der Waals surface area contributed by atoms with E-state index >= 15 is 0 Å². The Labute approximate surface area is 123 Å². The van der Waals surface area contributed by atoms with E-state index in [1.807, 2.05) is 40.8 Å². The van der Waals surface area contributed by atoms with Gasteiger partial charge in [0.1, 0.15) is 5.69 Å². The van der Waals surface area contributed by atoms with Crippen molar-refractivity contribution < 1.29 is 4.79 Å². The minimum atomic E-state index is 0.105. The van der Waals surface area contributed by atoms with Crippen molar-refractivity contribution in [1.82, 2.24) is 14.4 Å². The molecule has 1 aliphatic heterocycles. The number of nitrogens with zero attached hydrogens (tertiary/aromatic N) is 3. The number of hydrogen-bond donors (Lipinski definition) is 0. The third-order valence-electron chi connectivity index (χ3n) is 4.01. The molecule has 2 heterocycles. The first-order chi connectivity index (χ1) is 9.56. The Hall–Kier alpha value is -1.52. The fourth-order valence-electron chi connectivity index (χ4n) is 2.70. The number of rotatable bonds is 1. The van der Waals surface area contributed by atoms with Crippen molar-refractivity contribution in [3.8, 4) is 0 Å². The van der Waals surface area contributed by atoms with Crippen LogP contribution in [-0.2, 0) is 7.05 Å². The molecule has 1 aliphatic rings. The summed E-state index contributed by atoms with van der Waals surface area (Å²) in [5.74, 6) is 0.105. The van der Waals surface area contributed by atoms with Crippen LogP contribution in [0.1, 0.15) is 10.5 Å². The van der Waals surface area contributed by atoms with Crippen LogP contribution in [0.25, 0.3) is 10.9 Å². The van der Waals surface area contributed by atoms with Gasteiger partial charge >= 0.3 is 0 Å². The molecule has 0 aliphatic carbocycles. The molecule has 0 N–H and O–H groups in total. The molecule has 20 heavy (non-hydrogen) atoms. The first-order valence-corrected chi connectivity index (χ1v) is 7.17. The fourth-order valence-corrected chi connectivity index (χ4v) is 2.88. The molecule has 0 unspecified atom stereocenters. The van der Waals surface area contributed by atoms with Gasteiger partial charge in [0, 0.05) is 49.2 Å². The number of amides is 1. The standard InChI is InChI=1S/C15H18ClN3O/c1-17-5-7-19(8-6-17)15(20)14-10-11-9-12(16)3-4-13(11)18(14)2/h3-4,9-10H,5-8H2,1-2H3. The molecule has 1 amide bonds. The molecule has 1 aromatic heterocycles. The molecule has 4 nitrogen and oxygen atoms in total. The van der Waals surface area contributed by atoms with Crippen LogP contribution in [0.15, 0.2) is 24.3 Å². The maximum absolute atomic E-state index is 12.6. The van der Waals surface area contributed by atoms with Gasteiger partial charge in [-0.2, -0.15) is 0 Å². The molecule has 0 bridgehead atoms. The number of aromatic nitrogens is 1. The summed E-state index contributed by atoms with van der Waals surface area (Å²) >= 11 is 6.01. The molecule has 2 aromatic rings. The topological polar surface area (TPSA) is 28.5 Å². The van der Waals surface area contributed by atoms with Crippen LogP contribution < -0.4 is 0 Å². The van der Waals surface area contributed by atoms with Crippen molar-refractivity contribution in [2.45, 2.75) is 0 Å². The zero-order valence-electron chi connectivity index (χ0n) is 11.8. The van der Waals surface area contributed by atoms with Crippen LogP contribution in [-0.4, -0.2) is 53.5 Å². The average Bonchev–Trinajstić information content (AvgIpc) is 2.75. The number of likely N-dealkylation sites (N-methyl/N-ethyl adjacent to an activating group) is 1. The molecule has 5 heteroatoms. The Morgan fingerprint density at radius 1 is 1.10 bits per heavy atom. The molecular weight excluding hydrogens is 274 g/mol. The zero-order valence-corrected chi connectivity index (χ0v) is 12.5. The van der Waals surface area contributed by atoms with Crippen LogP contribution in [0.3, 0.4) is 0 Å². The number of fused-ring (bicyclic) bond motifs is 1. The number of halogens is 1. The summed E-state index contributed by atoms with van der Waals surface area (Å²) in [5.41, 5.74) is 1.76. The SMILES string of the molecule is CN1CCN(C(=O)c2cc3cc(Cl)ccc3n2C)CC1. The first-order valence-electron chi connectivity index (χ1n) is 6.79. The molecule has 3 rings (SSSR count). The van der Waals surface area contributed by atoms with Crippen LogP contribution in [0.5, 0.6) is 0 Å². The fraction of sp³-hybridized carbons (Fsp3) is 0.400. The normalized spacial score (nSPS) is 16.9. The number of piperazine rings is 1. The lowest BCUT2D eigenvalue weighted by Gasteiger charge is -2.32. The summed E-state index contributed by atoms with van der Waals surface area (Å²) in [5, 5.41) is 1.71. The first kappa shape index (κ1) is 13.5. The van der Waals surface area contributed by atoms with Crippen molar-refractivity contribution in [3.63, 3.8) is 0 Å². The van der Waals surface area contributed by atoms with E-state index in [0.717, 1.165) is 42.8 Å². The number of aryl methyl sites for hydroxylation is 1. The Balaban J connectivity index is 1.93. The molecule has 1 fully saturated rings. The second-order valence-corrected chi connectivity index (χ2v) is 5.82. The molecule has 106 valence electrons. The van der Waals surface area contributed by atoms with Gasteiger partial charge in [-0.15, -0.1) is 0 Å². The van der Waals surface area contributed by atoms with Crippen LogP contribution in [0.4, 0.5) is 0 Å². The van der Waals surface area contributed by atoms with Gasteiger partial charge in [-0.1, -0.05) is 11.6 Å². The zero-order chi connectivity index (χ0) is 14.3. The van der Waals surface area contributed by atoms with E-state index in [4.69, 9.17) is 11.6 Å². The van der Waals surface area contributed by atoms with E-state index in [2.05, 4.69) is 11.9 Å². The van der Waals surface area contributed by atoms with Crippen molar-refractivity contribution in [3.05, 3.63) is 35.0 Å². The summed E-state index contributed by atoms with van der Waals surface area (Å²) in [7, 11) is 4.01. The van der Waals surface area contributed by atoms with E-state index in [-0.39, 0.29) is 5.91 Å². The summed E-state index contributed by atoms with van der Waals surface area (Å²) in [6.07, 6.45) is 0. The van der Waals surface area contributed by atoms with E-state index in [1.165, 1.54) is 0 Å². The van der Waals surface area contributed by atoms with Gasteiger partial charge in [0.2, 0.25) is 0 Å². The molecule has 0 saturated carbocycles. The molecule has 0 radical (unpaired) electrons. The molecule has 1 saturated heterocycles. The van der Waals surface area contributed by atoms with Crippen LogP contribution in [0, 0.1) is 0 Å². The lowest BCUT2D eigenvalue weighted by Crippen LogP contribution is -2.47. The maximum atomic E-state index is 12.6. The minimum absolute atomic E-state index is 0.105. The van der Waals surface area contributed by atoms with Crippen LogP contribution in [0.2, 0.25) is 5.02 Å². The summed E-state index contributed by atoms with van der Waals surface area (Å²) in [6, 6.07) is 7.64. The van der Waals surface area contributed by atoms with E-state index in [9.17, 15) is 4.79 Å². The third kappa shape index (κ3) is 2.30. The van der Waals surface area contributed by atoms with Crippen molar-refractivity contribution in [2.75, 3.05) is 33.2 Å². The Kier molecular flexibility index (Phi) is 3.44. The predicted molar refractivity (Wildman–Crippen MR) is 81.3 cm³/mol. The van der Waals surface area contributed by atoms with Gasteiger partial charge < -0.3 is 14.4 Å². The highest BCUT2D eigenvalue weighted by atomic mass is 35.5. The third-order valence-corrected chi connectivity index (χ3v) is 4.25. The average molecular weight is 292 g/mol. The highest BCUT2D eigenvalue weighted by Crippen LogP contribution is 2.23. The van der Waals surface area contributed by atoms with Gasteiger partial charge in [-0.25, -0.2) is 0 Å². The highest BCUT2D eigenvalue weighted by Gasteiger charge is 2.23. The number of carbonyl (C=O) groups is 1.